The van der Waals surface area contributed by atoms with Gasteiger partial charge in [-0.25, -0.2) is 0 Å². The number of fused-ring (bicyclic) bond motifs is 2. The predicted molar refractivity (Wildman–Crippen MR) is 77.2 cm³/mol. The van der Waals surface area contributed by atoms with E-state index in [1.807, 2.05) is 0 Å². The lowest BCUT2D eigenvalue weighted by Gasteiger charge is -2.20. The van der Waals surface area contributed by atoms with Gasteiger partial charge in [0, 0.05) is 13.0 Å². The molecule has 0 aliphatic heterocycles. The van der Waals surface area contributed by atoms with Gasteiger partial charge in [0.2, 0.25) is 5.91 Å². The molecule has 18 heavy (non-hydrogen) atoms. The van der Waals surface area contributed by atoms with Gasteiger partial charge in [-0.2, -0.15) is 0 Å². The van der Waals surface area contributed by atoms with Crippen molar-refractivity contribution in [1.82, 2.24) is 5.32 Å². The van der Waals surface area contributed by atoms with Crippen molar-refractivity contribution >= 4 is 23.1 Å². The highest BCUT2D eigenvalue weighted by molar-refractivity contribution is 7.80. The van der Waals surface area contributed by atoms with Gasteiger partial charge in [-0.15, -0.1) is 0 Å². The Balaban J connectivity index is 1.54. The minimum atomic E-state index is 0.239. The second kappa shape index (κ2) is 6.50. The lowest BCUT2D eigenvalue weighted by Crippen LogP contribution is -2.28. The number of thiocarbonyl (C=S) groups is 1. The molecule has 0 aromatic rings. The molecular weight excluding hydrogens is 244 g/mol. The zero-order chi connectivity index (χ0) is 13.0. The third-order valence-electron chi connectivity index (χ3n) is 4.50. The van der Waals surface area contributed by atoms with Crippen molar-refractivity contribution in [1.29, 1.82) is 0 Å². The molecule has 2 aliphatic rings. The number of nitrogens with two attached hydrogens (primary N) is 1. The Bertz CT molecular complexity index is 319. The van der Waals surface area contributed by atoms with Gasteiger partial charge in [0.1, 0.15) is 0 Å². The lowest BCUT2D eigenvalue weighted by molar-refractivity contribution is -0.122. The van der Waals surface area contributed by atoms with E-state index in [1.54, 1.807) is 0 Å². The first-order valence-electron chi connectivity index (χ1n) is 7.20. The molecule has 3 N–H and O–H groups in total. The summed E-state index contributed by atoms with van der Waals surface area (Å²) in [5, 5.41) is 3.02. The first kappa shape index (κ1) is 13.8. The summed E-state index contributed by atoms with van der Waals surface area (Å²) in [4.78, 5) is 12.4. The molecule has 2 bridgehead atoms. The number of carbonyl (C=O) groups excluding carboxylic acids is 1. The Morgan fingerprint density at radius 1 is 1.28 bits per heavy atom. The van der Waals surface area contributed by atoms with Crippen molar-refractivity contribution in [3.8, 4) is 0 Å². The number of amides is 1. The molecule has 0 heterocycles. The van der Waals surface area contributed by atoms with Crippen LogP contribution in [0.1, 0.15) is 51.4 Å². The Hall–Kier alpha value is -0.640. The Kier molecular flexibility index (Phi) is 4.98. The van der Waals surface area contributed by atoms with E-state index < -0.39 is 0 Å². The second-order valence-electron chi connectivity index (χ2n) is 5.91. The third kappa shape index (κ3) is 3.94. The number of hydrogen-bond acceptors (Lipinski definition) is 2. The van der Waals surface area contributed by atoms with Crippen LogP contribution in [0.4, 0.5) is 0 Å². The average Bonchev–Trinajstić information content (AvgIpc) is 2.90. The molecule has 0 aromatic heterocycles. The van der Waals surface area contributed by atoms with Crippen LogP contribution < -0.4 is 11.1 Å². The summed E-state index contributed by atoms with van der Waals surface area (Å²) in [5.41, 5.74) is 5.42. The van der Waals surface area contributed by atoms with Gasteiger partial charge >= 0.3 is 0 Å². The minimum absolute atomic E-state index is 0.239. The minimum Gasteiger partial charge on any atom is -0.393 e. The van der Waals surface area contributed by atoms with Crippen molar-refractivity contribution in [2.45, 2.75) is 51.4 Å². The first-order valence-corrected chi connectivity index (χ1v) is 7.61. The van der Waals surface area contributed by atoms with Crippen molar-refractivity contribution in [3.63, 3.8) is 0 Å². The molecule has 2 saturated carbocycles. The molecule has 2 fully saturated rings. The van der Waals surface area contributed by atoms with Gasteiger partial charge in [-0.05, 0) is 56.3 Å². The predicted octanol–water partition coefficient (Wildman–Crippen LogP) is 2.39. The van der Waals surface area contributed by atoms with E-state index in [0.29, 0.717) is 10.9 Å². The summed E-state index contributed by atoms with van der Waals surface area (Å²) in [6, 6.07) is 0. The van der Waals surface area contributed by atoms with E-state index in [1.165, 1.54) is 25.7 Å². The molecule has 0 spiro atoms. The number of nitrogens with one attached hydrogen (secondary N) is 1. The second-order valence-corrected chi connectivity index (χ2v) is 6.44. The zero-order valence-electron chi connectivity index (χ0n) is 11.0. The number of unbranched alkanes of at least 4 members (excludes halogenated alkanes) is 1. The van der Waals surface area contributed by atoms with Crippen LogP contribution in [-0.4, -0.2) is 17.4 Å². The van der Waals surface area contributed by atoms with Gasteiger partial charge in [0.25, 0.3) is 0 Å². The number of hydrogen-bond donors (Lipinski definition) is 2. The smallest absolute Gasteiger partial charge is 0.220 e. The van der Waals surface area contributed by atoms with Crippen LogP contribution in [0.25, 0.3) is 0 Å². The molecule has 3 nitrogen and oxygen atoms in total. The molecule has 0 saturated heterocycles. The molecule has 4 heteroatoms. The maximum absolute atomic E-state index is 11.8. The van der Waals surface area contributed by atoms with Crippen LogP contribution >= 0.6 is 12.2 Å². The molecular formula is C14H24N2OS. The summed E-state index contributed by atoms with van der Waals surface area (Å²) >= 11 is 4.81. The standard InChI is InChI=1S/C14H24N2OS/c15-13(18)3-1-2-6-16-14(17)9-12-8-10-4-5-11(12)7-10/h10-12H,1-9H2,(H2,15,18)(H,16,17). The molecule has 0 radical (unpaired) electrons. The maximum Gasteiger partial charge on any atom is 0.220 e. The normalized spacial score (nSPS) is 29.4. The lowest BCUT2D eigenvalue weighted by atomic mass is 9.86. The van der Waals surface area contributed by atoms with Gasteiger partial charge in [-0.1, -0.05) is 18.6 Å². The highest BCUT2D eigenvalue weighted by atomic mass is 32.1. The molecule has 2 rings (SSSR count). The van der Waals surface area contributed by atoms with Crippen molar-refractivity contribution < 1.29 is 4.79 Å². The van der Waals surface area contributed by atoms with Crippen molar-refractivity contribution in [3.05, 3.63) is 0 Å². The summed E-state index contributed by atoms with van der Waals surface area (Å²) < 4.78 is 0. The maximum atomic E-state index is 11.8. The Labute approximate surface area is 115 Å². The first-order chi connectivity index (χ1) is 8.65. The van der Waals surface area contributed by atoms with Crippen LogP contribution in [0.3, 0.4) is 0 Å². The highest BCUT2D eigenvalue weighted by Crippen LogP contribution is 2.49. The van der Waals surface area contributed by atoms with Gasteiger partial charge in [-0.3, -0.25) is 4.79 Å². The highest BCUT2D eigenvalue weighted by Gasteiger charge is 2.39. The molecule has 3 atom stereocenters. The molecule has 3 unspecified atom stereocenters. The fraction of sp³-hybridized carbons (Fsp3) is 0.857. The van der Waals surface area contributed by atoms with E-state index in [-0.39, 0.29) is 5.91 Å². The monoisotopic (exact) mass is 268 g/mol. The SMILES string of the molecule is NC(=S)CCCCNC(=O)CC1CC2CCC1C2. The van der Waals surface area contributed by atoms with Gasteiger partial charge in [0.15, 0.2) is 0 Å². The zero-order valence-corrected chi connectivity index (χ0v) is 11.8. The fourth-order valence-electron chi connectivity index (χ4n) is 3.59. The number of rotatable bonds is 7. The largest absolute Gasteiger partial charge is 0.393 e. The van der Waals surface area contributed by atoms with Crippen LogP contribution in [-0.2, 0) is 4.79 Å². The quantitative estimate of drug-likeness (QED) is 0.550. The van der Waals surface area contributed by atoms with Crippen molar-refractivity contribution in [2.24, 2.45) is 23.5 Å². The van der Waals surface area contributed by atoms with E-state index in [4.69, 9.17) is 18.0 Å². The van der Waals surface area contributed by atoms with Crippen LogP contribution in [0.5, 0.6) is 0 Å². The molecule has 0 aromatic carbocycles. The summed E-state index contributed by atoms with van der Waals surface area (Å²) in [7, 11) is 0. The summed E-state index contributed by atoms with van der Waals surface area (Å²) in [6.45, 7) is 0.766. The molecule has 2 aliphatic carbocycles. The molecule has 1 amide bonds. The van der Waals surface area contributed by atoms with Crippen LogP contribution in [0.15, 0.2) is 0 Å². The summed E-state index contributed by atoms with van der Waals surface area (Å²) in [5.74, 6) is 2.68. The van der Waals surface area contributed by atoms with Crippen LogP contribution in [0, 0.1) is 17.8 Å². The van der Waals surface area contributed by atoms with Gasteiger partial charge in [0.05, 0.1) is 4.99 Å². The van der Waals surface area contributed by atoms with E-state index in [2.05, 4.69) is 5.32 Å². The average molecular weight is 268 g/mol. The van der Waals surface area contributed by atoms with E-state index >= 15 is 0 Å². The van der Waals surface area contributed by atoms with E-state index in [0.717, 1.165) is 44.1 Å². The number of carbonyl (C=O) groups is 1. The topological polar surface area (TPSA) is 55.1 Å². The van der Waals surface area contributed by atoms with Gasteiger partial charge < -0.3 is 11.1 Å². The fourth-order valence-corrected chi connectivity index (χ4v) is 3.73. The molecule has 102 valence electrons. The summed E-state index contributed by atoms with van der Waals surface area (Å²) in [6.07, 6.45) is 8.92. The Morgan fingerprint density at radius 2 is 2.11 bits per heavy atom. The van der Waals surface area contributed by atoms with Crippen molar-refractivity contribution in [2.75, 3.05) is 6.54 Å². The Morgan fingerprint density at radius 3 is 2.72 bits per heavy atom. The van der Waals surface area contributed by atoms with Crippen LogP contribution in [0.2, 0.25) is 0 Å². The third-order valence-corrected chi connectivity index (χ3v) is 4.71. The van der Waals surface area contributed by atoms with E-state index in [9.17, 15) is 4.79 Å².